The zero-order valence-electron chi connectivity index (χ0n) is 10.2. The lowest BCUT2D eigenvalue weighted by Crippen LogP contribution is -1.93. The van der Waals surface area contributed by atoms with Crippen molar-refractivity contribution >= 4 is 29.8 Å². The highest BCUT2D eigenvalue weighted by Crippen LogP contribution is 2.29. The fourth-order valence-electron chi connectivity index (χ4n) is 1.59. The van der Waals surface area contributed by atoms with Crippen LogP contribution in [-0.4, -0.2) is 23.7 Å². The lowest BCUT2D eigenvalue weighted by Gasteiger charge is -2.07. The zero-order valence-corrected chi connectivity index (χ0v) is 11.0. The van der Waals surface area contributed by atoms with E-state index in [-0.39, 0.29) is 0 Å². The summed E-state index contributed by atoms with van der Waals surface area (Å²) in [7, 11) is 1.79. The molecule has 0 spiro atoms. The van der Waals surface area contributed by atoms with Crippen molar-refractivity contribution in [1.29, 1.82) is 0 Å². The van der Waals surface area contributed by atoms with Gasteiger partial charge in [-0.25, -0.2) is 4.98 Å². The summed E-state index contributed by atoms with van der Waals surface area (Å²) in [5, 5.41) is 3.60. The number of hydrogen-bond acceptors (Lipinski definition) is 4. The molecule has 92 valence electrons. The van der Waals surface area contributed by atoms with Crippen LogP contribution in [0.3, 0.4) is 0 Å². The highest BCUT2D eigenvalue weighted by Gasteiger charge is 2.06. The first-order chi connectivity index (χ1) is 8.65. The van der Waals surface area contributed by atoms with Gasteiger partial charge < -0.3 is 5.32 Å². The maximum absolute atomic E-state index is 6.06. The maximum Gasteiger partial charge on any atom is 0.151 e. The molecule has 4 nitrogen and oxygen atoms in total. The van der Waals surface area contributed by atoms with Gasteiger partial charge in [-0.05, 0) is 25.8 Å². The molecule has 0 aromatic carbocycles. The van der Waals surface area contributed by atoms with Crippen LogP contribution in [0.1, 0.15) is 5.69 Å². The molecule has 2 aromatic heterocycles. The number of rotatable bonds is 3. The van der Waals surface area contributed by atoms with Crippen LogP contribution in [0.25, 0.3) is 11.1 Å². The van der Waals surface area contributed by atoms with Gasteiger partial charge >= 0.3 is 0 Å². The minimum Gasteiger partial charge on any atom is -0.371 e. The van der Waals surface area contributed by atoms with Crippen molar-refractivity contribution in [3.8, 4) is 11.1 Å². The molecule has 1 N–H and O–H groups in total. The minimum absolute atomic E-state index is 0.637. The fourth-order valence-corrected chi connectivity index (χ4v) is 1.75. The van der Waals surface area contributed by atoms with E-state index in [1.54, 1.807) is 19.4 Å². The quantitative estimate of drug-likeness (QED) is 0.860. The summed E-state index contributed by atoms with van der Waals surface area (Å²) in [6.45, 7) is 5.40. The molecule has 5 heteroatoms. The number of aromatic nitrogens is 2. The summed E-state index contributed by atoms with van der Waals surface area (Å²) >= 11 is 6.06. The predicted octanol–water partition coefficient (Wildman–Crippen LogP) is 3.48. The molecule has 2 rings (SSSR count). The van der Waals surface area contributed by atoms with E-state index in [0.717, 1.165) is 16.8 Å². The van der Waals surface area contributed by atoms with Crippen LogP contribution in [0.5, 0.6) is 0 Å². The molecule has 0 saturated heterocycles. The molecule has 0 radical (unpaired) electrons. The van der Waals surface area contributed by atoms with Gasteiger partial charge in [-0.3, -0.25) is 9.98 Å². The second-order valence-electron chi connectivity index (χ2n) is 3.79. The number of halogens is 1. The van der Waals surface area contributed by atoms with E-state index in [4.69, 9.17) is 11.6 Å². The molecule has 2 aromatic rings. The van der Waals surface area contributed by atoms with Crippen LogP contribution in [0.4, 0.5) is 11.5 Å². The van der Waals surface area contributed by atoms with Gasteiger partial charge in [0.1, 0.15) is 5.69 Å². The number of aryl methyl sites for hydroxylation is 1. The third kappa shape index (κ3) is 2.33. The highest BCUT2D eigenvalue weighted by atomic mass is 35.5. The van der Waals surface area contributed by atoms with Crippen molar-refractivity contribution in [3.63, 3.8) is 0 Å². The molecule has 0 aliphatic rings. The predicted molar refractivity (Wildman–Crippen MR) is 76.0 cm³/mol. The summed E-state index contributed by atoms with van der Waals surface area (Å²) in [6.07, 6.45) is 3.52. The molecule has 0 saturated carbocycles. The first-order valence-corrected chi connectivity index (χ1v) is 5.80. The van der Waals surface area contributed by atoms with Crippen LogP contribution in [-0.2, 0) is 0 Å². The van der Waals surface area contributed by atoms with E-state index in [1.165, 1.54) is 0 Å². The van der Waals surface area contributed by atoms with Gasteiger partial charge in [0.25, 0.3) is 0 Å². The maximum atomic E-state index is 6.06. The number of hydrogen-bond donors (Lipinski definition) is 1. The molecule has 0 atom stereocenters. The molecular weight excluding hydrogens is 248 g/mol. The SMILES string of the molecule is C=Nc1cc(-c2cnc(C)c(Cl)c2)cnc1NC. The Bertz CT molecular complexity index is 596. The summed E-state index contributed by atoms with van der Waals surface area (Å²) < 4.78 is 0. The third-order valence-corrected chi connectivity index (χ3v) is 3.02. The Morgan fingerprint density at radius 3 is 2.50 bits per heavy atom. The summed E-state index contributed by atoms with van der Waals surface area (Å²) in [5.74, 6) is 0.694. The van der Waals surface area contributed by atoms with Crippen molar-refractivity contribution < 1.29 is 0 Å². The Hall–Kier alpha value is -1.94. The van der Waals surface area contributed by atoms with Crippen molar-refractivity contribution in [2.75, 3.05) is 12.4 Å². The van der Waals surface area contributed by atoms with Crippen LogP contribution in [0.2, 0.25) is 5.02 Å². The van der Waals surface area contributed by atoms with Crippen molar-refractivity contribution in [2.45, 2.75) is 6.92 Å². The summed E-state index contributed by atoms with van der Waals surface area (Å²) in [6, 6.07) is 3.77. The average Bonchev–Trinajstić information content (AvgIpc) is 2.41. The van der Waals surface area contributed by atoms with Gasteiger partial charge in [0.05, 0.1) is 10.7 Å². The second kappa shape index (κ2) is 5.14. The minimum atomic E-state index is 0.637. The van der Waals surface area contributed by atoms with E-state index in [9.17, 15) is 0 Å². The molecule has 0 aliphatic heterocycles. The molecular formula is C13H13ClN4. The lowest BCUT2D eigenvalue weighted by atomic mass is 10.1. The largest absolute Gasteiger partial charge is 0.371 e. The molecule has 0 amide bonds. The Balaban J connectivity index is 2.50. The Labute approximate surface area is 111 Å². The Morgan fingerprint density at radius 2 is 1.89 bits per heavy atom. The number of pyridine rings is 2. The first-order valence-electron chi connectivity index (χ1n) is 5.42. The molecule has 0 unspecified atom stereocenters. The average molecular weight is 261 g/mol. The standard InChI is InChI=1S/C13H13ClN4/c1-8-11(14)4-9(6-17-8)10-5-12(15-2)13(16-3)18-7-10/h4-7H,2H2,1,3H3,(H,16,18). The molecule has 0 bridgehead atoms. The Kier molecular flexibility index (Phi) is 3.58. The van der Waals surface area contributed by atoms with Crippen LogP contribution < -0.4 is 5.32 Å². The van der Waals surface area contributed by atoms with Crippen LogP contribution >= 0.6 is 11.6 Å². The van der Waals surface area contributed by atoms with E-state index in [1.807, 2.05) is 19.1 Å². The fraction of sp³-hybridized carbons (Fsp3) is 0.154. The topological polar surface area (TPSA) is 50.2 Å². The zero-order chi connectivity index (χ0) is 13.1. The van der Waals surface area contributed by atoms with Crippen LogP contribution in [0.15, 0.2) is 29.5 Å². The number of nitrogens with one attached hydrogen (secondary N) is 1. The second-order valence-corrected chi connectivity index (χ2v) is 4.20. The van der Waals surface area contributed by atoms with Gasteiger partial charge in [0.15, 0.2) is 5.82 Å². The molecule has 18 heavy (non-hydrogen) atoms. The third-order valence-electron chi connectivity index (χ3n) is 2.63. The lowest BCUT2D eigenvalue weighted by molar-refractivity contribution is 1.20. The highest BCUT2D eigenvalue weighted by molar-refractivity contribution is 6.31. The number of nitrogens with zero attached hydrogens (tertiary/aromatic N) is 3. The van der Waals surface area contributed by atoms with Gasteiger partial charge in [0.2, 0.25) is 0 Å². The van der Waals surface area contributed by atoms with Gasteiger partial charge in [0, 0.05) is 30.6 Å². The monoisotopic (exact) mass is 260 g/mol. The number of anilines is 1. The molecule has 2 heterocycles. The van der Waals surface area contributed by atoms with Gasteiger partial charge in [-0.2, -0.15) is 0 Å². The van der Waals surface area contributed by atoms with E-state index >= 15 is 0 Å². The summed E-state index contributed by atoms with van der Waals surface area (Å²) in [5.41, 5.74) is 3.32. The van der Waals surface area contributed by atoms with E-state index < -0.39 is 0 Å². The number of aliphatic imine (C=N–C) groups is 1. The van der Waals surface area contributed by atoms with Crippen molar-refractivity contribution in [2.24, 2.45) is 4.99 Å². The molecule has 0 aliphatic carbocycles. The Morgan fingerprint density at radius 1 is 1.22 bits per heavy atom. The van der Waals surface area contributed by atoms with Gasteiger partial charge in [-0.1, -0.05) is 11.6 Å². The normalized spacial score (nSPS) is 10.2. The van der Waals surface area contributed by atoms with Crippen LogP contribution in [0, 0.1) is 6.92 Å². The van der Waals surface area contributed by atoms with E-state index in [0.29, 0.717) is 16.5 Å². The van der Waals surface area contributed by atoms with Crippen molar-refractivity contribution in [1.82, 2.24) is 9.97 Å². The smallest absolute Gasteiger partial charge is 0.151 e. The molecule has 0 fully saturated rings. The van der Waals surface area contributed by atoms with Crippen molar-refractivity contribution in [3.05, 3.63) is 35.2 Å². The van der Waals surface area contributed by atoms with E-state index in [2.05, 4.69) is 27.0 Å². The summed E-state index contributed by atoms with van der Waals surface area (Å²) in [4.78, 5) is 12.5. The first kappa shape index (κ1) is 12.5. The van der Waals surface area contributed by atoms with Gasteiger partial charge in [-0.15, -0.1) is 0 Å².